The van der Waals surface area contributed by atoms with Crippen LogP contribution in [0.25, 0.3) is 6.08 Å². The lowest BCUT2D eigenvalue weighted by Gasteiger charge is -2.13. The number of carbonyl (C=O) groups excluding carboxylic acids is 3. The first-order chi connectivity index (χ1) is 13.4. The third-order valence-electron chi connectivity index (χ3n) is 3.40. The summed E-state index contributed by atoms with van der Waals surface area (Å²) in [6.45, 7) is 3.56. The highest BCUT2D eigenvalue weighted by Crippen LogP contribution is 2.39. The highest BCUT2D eigenvalue weighted by atomic mass is 35.5. The summed E-state index contributed by atoms with van der Waals surface area (Å²) in [6, 6.07) is 3.19. The summed E-state index contributed by atoms with van der Waals surface area (Å²) in [7, 11) is 0. The molecule has 0 spiro atoms. The van der Waals surface area contributed by atoms with Crippen molar-refractivity contribution in [3.63, 3.8) is 0 Å². The summed E-state index contributed by atoms with van der Waals surface area (Å²) >= 11 is 6.98. The van der Waals surface area contributed by atoms with Crippen LogP contribution in [0.3, 0.4) is 0 Å². The molecule has 1 aromatic carbocycles. The van der Waals surface area contributed by atoms with Gasteiger partial charge in [0, 0.05) is 0 Å². The summed E-state index contributed by atoms with van der Waals surface area (Å²) in [6.07, 6.45) is 6.70. The molecule has 1 aliphatic heterocycles. The normalized spacial score (nSPS) is 14.9. The number of hydrogen-bond donors (Lipinski definition) is 0. The van der Waals surface area contributed by atoms with Crippen molar-refractivity contribution in [2.45, 2.75) is 13.8 Å². The van der Waals surface area contributed by atoms with Gasteiger partial charge in [-0.15, -0.1) is 6.42 Å². The van der Waals surface area contributed by atoms with Crippen LogP contribution in [-0.4, -0.2) is 48.4 Å². The molecule has 1 saturated heterocycles. The smallest absolute Gasteiger partial charge is 0.326 e. The van der Waals surface area contributed by atoms with E-state index in [4.69, 9.17) is 32.2 Å². The van der Waals surface area contributed by atoms with Gasteiger partial charge in [-0.3, -0.25) is 19.3 Å². The van der Waals surface area contributed by atoms with Gasteiger partial charge in [0.15, 0.2) is 11.5 Å². The van der Waals surface area contributed by atoms with E-state index < -0.39 is 23.7 Å². The number of carbonyl (C=O) groups is 3. The lowest BCUT2D eigenvalue weighted by Crippen LogP contribution is -2.34. The van der Waals surface area contributed by atoms with Crippen LogP contribution in [0.2, 0.25) is 5.02 Å². The number of esters is 1. The maximum Gasteiger partial charge on any atom is 0.326 e. The number of amides is 2. The molecular formula is C19H18ClNO6S. The van der Waals surface area contributed by atoms with Gasteiger partial charge in [0.1, 0.15) is 13.2 Å². The van der Waals surface area contributed by atoms with Crippen molar-refractivity contribution in [1.29, 1.82) is 0 Å². The molecule has 148 valence electrons. The Labute approximate surface area is 171 Å². The Kier molecular flexibility index (Phi) is 7.79. The Morgan fingerprint density at radius 3 is 2.68 bits per heavy atom. The van der Waals surface area contributed by atoms with Crippen LogP contribution >= 0.6 is 23.4 Å². The molecule has 1 heterocycles. The molecule has 1 aliphatic rings. The number of benzene rings is 1. The van der Waals surface area contributed by atoms with E-state index in [2.05, 4.69) is 5.92 Å². The minimum absolute atomic E-state index is 0.0197. The number of thioether (sulfide) groups is 1. The molecule has 0 aliphatic carbocycles. The minimum Gasteiger partial charge on any atom is -0.490 e. The number of imide groups is 1. The topological polar surface area (TPSA) is 82.1 Å². The van der Waals surface area contributed by atoms with Crippen LogP contribution < -0.4 is 9.47 Å². The van der Waals surface area contributed by atoms with Gasteiger partial charge in [-0.05, 0) is 49.4 Å². The van der Waals surface area contributed by atoms with E-state index in [1.54, 1.807) is 26.0 Å². The van der Waals surface area contributed by atoms with Crippen molar-refractivity contribution < 1.29 is 28.6 Å². The van der Waals surface area contributed by atoms with Crippen molar-refractivity contribution in [3.8, 4) is 23.8 Å². The van der Waals surface area contributed by atoms with Crippen molar-refractivity contribution in [1.82, 2.24) is 4.90 Å². The average molecular weight is 424 g/mol. The van der Waals surface area contributed by atoms with Crippen LogP contribution in [0, 0.1) is 12.3 Å². The van der Waals surface area contributed by atoms with Crippen molar-refractivity contribution >= 4 is 46.6 Å². The molecule has 9 heteroatoms. The molecule has 0 radical (unpaired) electrons. The van der Waals surface area contributed by atoms with Gasteiger partial charge < -0.3 is 14.2 Å². The fourth-order valence-electron chi connectivity index (χ4n) is 2.31. The van der Waals surface area contributed by atoms with Gasteiger partial charge in [0.2, 0.25) is 0 Å². The zero-order valence-electron chi connectivity index (χ0n) is 15.3. The number of terminal acetylenes is 1. The van der Waals surface area contributed by atoms with E-state index in [1.807, 2.05) is 0 Å². The Balaban J connectivity index is 2.29. The lowest BCUT2D eigenvalue weighted by atomic mass is 10.1. The van der Waals surface area contributed by atoms with Crippen LogP contribution in [0.15, 0.2) is 17.0 Å². The fraction of sp³-hybridized carbons (Fsp3) is 0.316. The predicted molar refractivity (Wildman–Crippen MR) is 106 cm³/mol. The second kappa shape index (κ2) is 10.1. The fourth-order valence-corrected chi connectivity index (χ4v) is 3.42. The molecule has 2 amide bonds. The Morgan fingerprint density at radius 2 is 2.04 bits per heavy atom. The van der Waals surface area contributed by atoms with Crippen molar-refractivity contribution in [2.75, 3.05) is 26.4 Å². The maximum absolute atomic E-state index is 12.5. The van der Waals surface area contributed by atoms with Crippen LogP contribution in [-0.2, 0) is 14.3 Å². The van der Waals surface area contributed by atoms with E-state index in [0.717, 1.165) is 16.7 Å². The highest BCUT2D eigenvalue weighted by molar-refractivity contribution is 8.18. The maximum atomic E-state index is 12.5. The predicted octanol–water partition coefficient (Wildman–Crippen LogP) is 3.35. The molecule has 7 nitrogen and oxygen atoms in total. The molecule has 28 heavy (non-hydrogen) atoms. The molecule has 0 aromatic heterocycles. The summed E-state index contributed by atoms with van der Waals surface area (Å²) in [4.78, 5) is 37.1. The standard InChI is InChI=1S/C19H18ClNO6S/c1-4-7-27-17-13(20)8-12(9-14(17)25-5-2)10-15-18(23)21(19(24)28-15)11-16(22)26-6-3/h1,8-10H,5-7,11H2,2-3H3/b15-10+. The molecule has 0 saturated carbocycles. The van der Waals surface area contributed by atoms with Gasteiger partial charge in [0.05, 0.1) is 23.1 Å². The molecule has 1 aromatic rings. The van der Waals surface area contributed by atoms with Crippen LogP contribution in [0.5, 0.6) is 11.5 Å². The second-order valence-corrected chi connectivity index (χ2v) is 6.73. The Morgan fingerprint density at radius 1 is 1.29 bits per heavy atom. The Bertz CT molecular complexity index is 861. The summed E-state index contributed by atoms with van der Waals surface area (Å²) in [5.41, 5.74) is 0.531. The van der Waals surface area contributed by atoms with E-state index in [-0.39, 0.29) is 23.1 Å². The van der Waals surface area contributed by atoms with Gasteiger partial charge in [-0.25, -0.2) is 0 Å². The van der Waals surface area contributed by atoms with Gasteiger partial charge in [-0.1, -0.05) is 17.5 Å². The van der Waals surface area contributed by atoms with Crippen molar-refractivity contribution in [2.24, 2.45) is 0 Å². The summed E-state index contributed by atoms with van der Waals surface area (Å²) in [5.74, 6) is 1.78. The largest absolute Gasteiger partial charge is 0.490 e. The molecule has 0 bridgehead atoms. The quantitative estimate of drug-likeness (QED) is 0.360. The molecule has 1 fully saturated rings. The third kappa shape index (κ3) is 5.21. The van der Waals surface area contributed by atoms with Gasteiger partial charge in [-0.2, -0.15) is 0 Å². The minimum atomic E-state index is -0.650. The van der Waals surface area contributed by atoms with E-state index in [1.165, 1.54) is 6.08 Å². The van der Waals surface area contributed by atoms with Crippen molar-refractivity contribution in [3.05, 3.63) is 27.6 Å². The third-order valence-corrected chi connectivity index (χ3v) is 4.58. The van der Waals surface area contributed by atoms with Gasteiger partial charge in [0.25, 0.3) is 11.1 Å². The first kappa shape index (κ1) is 21.7. The summed E-state index contributed by atoms with van der Waals surface area (Å²) in [5, 5.41) is -0.299. The number of rotatable bonds is 8. The molecule has 0 N–H and O–H groups in total. The van der Waals surface area contributed by atoms with Gasteiger partial charge >= 0.3 is 5.97 Å². The highest BCUT2D eigenvalue weighted by Gasteiger charge is 2.36. The number of nitrogens with zero attached hydrogens (tertiary/aromatic N) is 1. The van der Waals surface area contributed by atoms with Crippen LogP contribution in [0.4, 0.5) is 4.79 Å². The number of ether oxygens (including phenoxy) is 3. The van der Waals surface area contributed by atoms with E-state index >= 15 is 0 Å². The zero-order valence-corrected chi connectivity index (χ0v) is 16.9. The first-order valence-corrected chi connectivity index (χ1v) is 9.54. The first-order valence-electron chi connectivity index (χ1n) is 8.34. The van der Waals surface area contributed by atoms with E-state index in [0.29, 0.717) is 23.7 Å². The molecule has 0 unspecified atom stereocenters. The molecule has 2 rings (SSSR count). The summed E-state index contributed by atoms with van der Waals surface area (Å²) < 4.78 is 15.7. The average Bonchev–Trinajstić information content (AvgIpc) is 2.89. The van der Waals surface area contributed by atoms with E-state index in [9.17, 15) is 14.4 Å². The molecular weight excluding hydrogens is 406 g/mol. The lowest BCUT2D eigenvalue weighted by molar-refractivity contribution is -0.145. The second-order valence-electron chi connectivity index (χ2n) is 5.33. The van der Waals surface area contributed by atoms with Crippen LogP contribution in [0.1, 0.15) is 19.4 Å². The SMILES string of the molecule is C#CCOc1c(Cl)cc(/C=C2/SC(=O)N(CC(=O)OCC)C2=O)cc1OCC. The monoisotopic (exact) mass is 423 g/mol. The number of hydrogen-bond acceptors (Lipinski definition) is 7. The Hall–Kier alpha value is -2.63. The number of halogens is 1. The molecule has 0 atom stereocenters. The zero-order chi connectivity index (χ0) is 20.7.